The molecule has 0 aliphatic rings. The SMILES string of the molecule is CC(NC(=O)COC(=O)c1nn(C)c(=O)c2ccccc12)c1cccs1. The first-order chi connectivity index (χ1) is 12.5. The number of aryl methyl sites for hydroxylation is 1. The van der Waals surface area contributed by atoms with Crippen LogP contribution in [0.15, 0.2) is 46.6 Å². The molecule has 1 amide bonds. The van der Waals surface area contributed by atoms with Gasteiger partial charge in [0, 0.05) is 17.3 Å². The van der Waals surface area contributed by atoms with E-state index in [9.17, 15) is 14.4 Å². The van der Waals surface area contributed by atoms with Crippen molar-refractivity contribution in [1.82, 2.24) is 15.1 Å². The topological polar surface area (TPSA) is 90.3 Å². The van der Waals surface area contributed by atoms with Crippen LogP contribution in [0.4, 0.5) is 0 Å². The molecule has 3 rings (SSSR count). The number of fused-ring (bicyclic) bond motifs is 1. The van der Waals surface area contributed by atoms with Crippen LogP contribution in [0.2, 0.25) is 0 Å². The number of thiophene rings is 1. The van der Waals surface area contributed by atoms with E-state index in [1.54, 1.807) is 24.3 Å². The average Bonchev–Trinajstić information content (AvgIpc) is 3.17. The van der Waals surface area contributed by atoms with Gasteiger partial charge in [-0.1, -0.05) is 24.3 Å². The molecule has 0 radical (unpaired) electrons. The zero-order valence-electron chi connectivity index (χ0n) is 14.3. The van der Waals surface area contributed by atoms with E-state index in [0.29, 0.717) is 10.8 Å². The number of benzene rings is 1. The summed E-state index contributed by atoms with van der Waals surface area (Å²) in [5.41, 5.74) is -0.304. The van der Waals surface area contributed by atoms with E-state index in [-0.39, 0.29) is 17.3 Å². The summed E-state index contributed by atoms with van der Waals surface area (Å²) >= 11 is 1.53. The maximum absolute atomic E-state index is 12.4. The first kappa shape index (κ1) is 17.8. The van der Waals surface area contributed by atoms with Crippen molar-refractivity contribution in [3.63, 3.8) is 0 Å². The molecule has 0 fully saturated rings. The van der Waals surface area contributed by atoms with Crippen molar-refractivity contribution < 1.29 is 14.3 Å². The molecule has 134 valence electrons. The van der Waals surface area contributed by atoms with Crippen molar-refractivity contribution in [1.29, 1.82) is 0 Å². The second-order valence-corrected chi connectivity index (χ2v) is 6.68. The summed E-state index contributed by atoms with van der Waals surface area (Å²) in [6.45, 7) is 1.43. The maximum Gasteiger partial charge on any atom is 0.359 e. The molecule has 1 aromatic carbocycles. The predicted molar refractivity (Wildman–Crippen MR) is 98.1 cm³/mol. The predicted octanol–water partition coefficient (Wildman–Crippen LogP) is 2.03. The Labute approximate surface area is 153 Å². The third-order valence-electron chi connectivity index (χ3n) is 3.83. The van der Waals surface area contributed by atoms with Gasteiger partial charge in [0.25, 0.3) is 11.5 Å². The van der Waals surface area contributed by atoms with Gasteiger partial charge in [-0.05, 0) is 24.4 Å². The first-order valence-electron chi connectivity index (χ1n) is 7.93. The molecular weight excluding hydrogens is 354 g/mol. The lowest BCUT2D eigenvalue weighted by Crippen LogP contribution is -2.31. The van der Waals surface area contributed by atoms with E-state index in [1.165, 1.54) is 18.4 Å². The van der Waals surface area contributed by atoms with Crippen LogP contribution < -0.4 is 10.9 Å². The number of hydrogen-bond acceptors (Lipinski definition) is 6. The van der Waals surface area contributed by atoms with Gasteiger partial charge in [-0.2, -0.15) is 5.10 Å². The first-order valence-corrected chi connectivity index (χ1v) is 8.81. The van der Waals surface area contributed by atoms with Crippen LogP contribution in [0.25, 0.3) is 10.8 Å². The molecule has 0 bridgehead atoms. The molecule has 2 aromatic heterocycles. The van der Waals surface area contributed by atoms with Crippen molar-refractivity contribution in [2.45, 2.75) is 13.0 Å². The molecule has 3 aromatic rings. The summed E-state index contributed by atoms with van der Waals surface area (Å²) in [6, 6.07) is 10.3. The number of hydrogen-bond donors (Lipinski definition) is 1. The van der Waals surface area contributed by atoms with Crippen LogP contribution in [-0.4, -0.2) is 28.3 Å². The van der Waals surface area contributed by atoms with Gasteiger partial charge in [0.1, 0.15) is 0 Å². The molecule has 26 heavy (non-hydrogen) atoms. The third kappa shape index (κ3) is 3.65. The Morgan fingerprint density at radius 3 is 2.65 bits per heavy atom. The lowest BCUT2D eigenvalue weighted by molar-refractivity contribution is -0.124. The smallest absolute Gasteiger partial charge is 0.359 e. The van der Waals surface area contributed by atoms with E-state index in [0.717, 1.165) is 9.56 Å². The minimum Gasteiger partial charge on any atom is -0.451 e. The summed E-state index contributed by atoms with van der Waals surface area (Å²) in [7, 11) is 1.46. The number of amides is 1. The van der Waals surface area contributed by atoms with Gasteiger partial charge in [-0.15, -0.1) is 11.3 Å². The van der Waals surface area contributed by atoms with Crippen LogP contribution >= 0.6 is 11.3 Å². The number of esters is 1. The number of rotatable bonds is 5. The van der Waals surface area contributed by atoms with Crippen LogP contribution in [0.1, 0.15) is 28.3 Å². The molecule has 0 aliphatic carbocycles. The Bertz CT molecular complexity index is 1010. The van der Waals surface area contributed by atoms with Crippen molar-refractivity contribution in [2.24, 2.45) is 7.05 Å². The van der Waals surface area contributed by atoms with E-state index in [2.05, 4.69) is 10.4 Å². The van der Waals surface area contributed by atoms with Crippen molar-refractivity contribution in [3.8, 4) is 0 Å². The Morgan fingerprint density at radius 1 is 1.23 bits per heavy atom. The molecule has 0 aliphatic heterocycles. The Morgan fingerprint density at radius 2 is 1.96 bits per heavy atom. The highest BCUT2D eigenvalue weighted by Gasteiger charge is 2.19. The fraction of sp³-hybridized carbons (Fsp3) is 0.222. The summed E-state index contributed by atoms with van der Waals surface area (Å²) in [5.74, 6) is -1.16. The highest BCUT2D eigenvalue weighted by atomic mass is 32.1. The second-order valence-electron chi connectivity index (χ2n) is 5.70. The van der Waals surface area contributed by atoms with Crippen molar-refractivity contribution in [2.75, 3.05) is 6.61 Å². The fourth-order valence-electron chi connectivity index (χ4n) is 2.54. The van der Waals surface area contributed by atoms with Gasteiger partial charge in [-0.3, -0.25) is 9.59 Å². The van der Waals surface area contributed by atoms with Gasteiger partial charge < -0.3 is 10.1 Å². The molecule has 8 heteroatoms. The molecule has 7 nitrogen and oxygen atoms in total. The lowest BCUT2D eigenvalue weighted by atomic mass is 10.1. The normalized spacial score (nSPS) is 11.9. The quantitative estimate of drug-likeness (QED) is 0.693. The zero-order chi connectivity index (χ0) is 18.7. The van der Waals surface area contributed by atoms with E-state index in [4.69, 9.17) is 4.74 Å². The number of carbonyl (C=O) groups excluding carboxylic acids is 2. The summed E-state index contributed by atoms with van der Waals surface area (Å²) in [6.07, 6.45) is 0. The average molecular weight is 371 g/mol. The van der Waals surface area contributed by atoms with E-state index >= 15 is 0 Å². The van der Waals surface area contributed by atoms with Gasteiger partial charge in [-0.25, -0.2) is 9.48 Å². The minimum absolute atomic E-state index is 0.00167. The Kier molecular flexibility index (Phi) is 5.13. The highest BCUT2D eigenvalue weighted by molar-refractivity contribution is 7.10. The summed E-state index contributed by atoms with van der Waals surface area (Å²) < 4.78 is 6.17. The van der Waals surface area contributed by atoms with Gasteiger partial charge in [0.05, 0.1) is 11.4 Å². The molecular formula is C18H17N3O4S. The van der Waals surface area contributed by atoms with Crippen molar-refractivity contribution >= 4 is 34.0 Å². The summed E-state index contributed by atoms with van der Waals surface area (Å²) in [5, 5.41) is 9.43. The number of carbonyl (C=O) groups is 2. The zero-order valence-corrected chi connectivity index (χ0v) is 15.1. The van der Waals surface area contributed by atoms with Crippen LogP contribution in [0.3, 0.4) is 0 Å². The molecule has 1 unspecified atom stereocenters. The third-order valence-corrected chi connectivity index (χ3v) is 4.89. The summed E-state index contributed by atoms with van der Waals surface area (Å²) in [4.78, 5) is 37.5. The van der Waals surface area contributed by atoms with Crippen molar-refractivity contribution in [3.05, 3.63) is 62.7 Å². The van der Waals surface area contributed by atoms with Gasteiger partial charge in [0.2, 0.25) is 0 Å². The number of nitrogens with one attached hydrogen (secondary N) is 1. The molecule has 1 N–H and O–H groups in total. The van der Waals surface area contributed by atoms with Crippen LogP contribution in [-0.2, 0) is 16.6 Å². The lowest BCUT2D eigenvalue weighted by Gasteiger charge is -2.12. The van der Waals surface area contributed by atoms with Gasteiger partial charge >= 0.3 is 5.97 Å². The Balaban J connectivity index is 1.71. The number of aromatic nitrogens is 2. The number of ether oxygens (including phenoxy) is 1. The van der Waals surface area contributed by atoms with E-state index < -0.39 is 18.5 Å². The minimum atomic E-state index is -0.754. The molecule has 0 spiro atoms. The maximum atomic E-state index is 12.4. The Hall–Kier alpha value is -3.00. The number of nitrogens with zero attached hydrogens (tertiary/aromatic N) is 2. The second kappa shape index (κ2) is 7.49. The van der Waals surface area contributed by atoms with E-state index in [1.807, 2.05) is 24.4 Å². The highest BCUT2D eigenvalue weighted by Crippen LogP contribution is 2.18. The fourth-order valence-corrected chi connectivity index (χ4v) is 3.28. The molecule has 1 atom stereocenters. The van der Waals surface area contributed by atoms with Crippen LogP contribution in [0.5, 0.6) is 0 Å². The van der Waals surface area contributed by atoms with Crippen LogP contribution in [0, 0.1) is 0 Å². The molecule has 2 heterocycles. The molecule has 0 saturated carbocycles. The largest absolute Gasteiger partial charge is 0.451 e. The standard InChI is InChI=1S/C18H17N3O4S/c1-11(14-8-5-9-26-14)19-15(22)10-25-18(24)16-12-6-3-4-7-13(12)17(23)21(2)20-16/h3-9,11H,10H2,1-2H3,(H,19,22). The van der Waals surface area contributed by atoms with Gasteiger partial charge in [0.15, 0.2) is 12.3 Å². The monoisotopic (exact) mass is 371 g/mol. The molecule has 0 saturated heterocycles.